The van der Waals surface area contributed by atoms with Crippen molar-refractivity contribution in [2.24, 2.45) is 0 Å². The molecule has 0 aliphatic carbocycles. The maximum atomic E-state index is 8.09. The van der Waals surface area contributed by atoms with Crippen LogP contribution in [0.25, 0.3) is 66.5 Å². The first-order valence-electron chi connectivity index (χ1n) is 18.3. The molecule has 0 saturated heterocycles. The maximum Gasteiger partial charge on any atom is 0.216 e. The van der Waals surface area contributed by atoms with E-state index in [0.717, 1.165) is 33.0 Å². The van der Waals surface area contributed by atoms with Gasteiger partial charge in [-0.05, 0) is 83.2 Å². The normalized spacial score (nSPS) is 14.6. The molecule has 0 atom stereocenters. The Hall–Kier alpha value is -4.96. The van der Waals surface area contributed by atoms with Crippen molar-refractivity contribution >= 4 is 32.8 Å². The summed E-state index contributed by atoms with van der Waals surface area (Å²) in [5.74, 6) is 0. The largest absolute Gasteiger partial charge is 0.486 e. The molecule has 0 aliphatic heterocycles. The molecule has 0 N–H and O–H groups in total. The standard InChI is InChI=1S/C28H19N2O.C12H10N.Ir/c1-17-16-29-26(15-25(17)21-12-11-19-6-3-4-7-20(19)14-21)24-9-5-8-22-23-13-10-18(2)30-28(23)31-27(22)24;1-10-7-8-12(13-9-10)11-5-3-2-4-6-11;/h3-8,10-16H,1-2H3;2-5,7-9H,1H3;/q2*-1;/i1D3,2D3;1D3;. The van der Waals surface area contributed by atoms with Gasteiger partial charge < -0.3 is 14.4 Å². The minimum Gasteiger partial charge on any atom is -0.486 e. The molecule has 8 aromatic rings. The fourth-order valence-electron chi connectivity index (χ4n) is 5.11. The molecular formula is C40H29IrN3O-2. The predicted octanol–water partition coefficient (Wildman–Crippen LogP) is 10.1. The van der Waals surface area contributed by atoms with E-state index in [2.05, 4.69) is 27.1 Å². The van der Waals surface area contributed by atoms with Crippen LogP contribution in [-0.4, -0.2) is 15.0 Å². The van der Waals surface area contributed by atoms with Crippen LogP contribution < -0.4 is 0 Å². The number of aromatic nitrogens is 3. The number of rotatable bonds is 3. The first-order valence-corrected chi connectivity index (χ1v) is 13.8. The van der Waals surface area contributed by atoms with Gasteiger partial charge in [-0.15, -0.1) is 54.1 Å². The predicted molar refractivity (Wildman–Crippen MR) is 179 cm³/mol. The van der Waals surface area contributed by atoms with E-state index in [9.17, 15) is 0 Å². The van der Waals surface area contributed by atoms with Crippen molar-refractivity contribution in [2.75, 3.05) is 0 Å². The zero-order valence-electron chi connectivity index (χ0n) is 32.6. The number of pyridine rings is 3. The van der Waals surface area contributed by atoms with Crippen LogP contribution in [0.3, 0.4) is 0 Å². The van der Waals surface area contributed by atoms with Gasteiger partial charge in [0, 0.05) is 55.9 Å². The molecule has 0 unspecified atom stereocenters. The molecular weight excluding hydrogens is 731 g/mol. The van der Waals surface area contributed by atoms with Gasteiger partial charge in [0.15, 0.2) is 0 Å². The van der Waals surface area contributed by atoms with Gasteiger partial charge in [-0.25, -0.2) is 4.98 Å². The molecule has 0 amide bonds. The average molecular weight is 769 g/mol. The minimum absolute atomic E-state index is 0. The second-order valence-corrected chi connectivity index (χ2v) is 10.1. The first kappa shape index (κ1) is 20.9. The van der Waals surface area contributed by atoms with Gasteiger partial charge in [0.1, 0.15) is 0 Å². The molecule has 45 heavy (non-hydrogen) atoms. The first-order chi connectivity index (χ1) is 25.2. The number of hydrogen-bond donors (Lipinski definition) is 0. The third-order valence-corrected chi connectivity index (χ3v) is 7.27. The summed E-state index contributed by atoms with van der Waals surface area (Å²) < 4.78 is 75.0. The zero-order valence-corrected chi connectivity index (χ0v) is 26.0. The van der Waals surface area contributed by atoms with E-state index in [1.807, 2.05) is 66.7 Å². The van der Waals surface area contributed by atoms with Crippen molar-refractivity contribution in [1.82, 2.24) is 15.0 Å². The van der Waals surface area contributed by atoms with Crippen molar-refractivity contribution in [1.29, 1.82) is 0 Å². The van der Waals surface area contributed by atoms with Crippen LogP contribution in [-0.2, 0) is 20.1 Å². The second kappa shape index (κ2) is 13.0. The molecule has 4 nitrogen and oxygen atoms in total. The second-order valence-electron chi connectivity index (χ2n) is 10.1. The van der Waals surface area contributed by atoms with Crippen LogP contribution in [0.5, 0.6) is 0 Å². The van der Waals surface area contributed by atoms with Crippen molar-refractivity contribution in [3.63, 3.8) is 0 Å². The van der Waals surface area contributed by atoms with E-state index in [1.54, 1.807) is 36.4 Å². The fraction of sp³-hybridized carbons (Fsp3) is 0.0750. The molecule has 221 valence electrons. The van der Waals surface area contributed by atoms with Crippen LogP contribution in [0.1, 0.15) is 29.2 Å². The molecule has 0 fully saturated rings. The fourth-order valence-corrected chi connectivity index (χ4v) is 5.11. The van der Waals surface area contributed by atoms with Gasteiger partial charge in [0.25, 0.3) is 0 Å². The van der Waals surface area contributed by atoms with E-state index in [4.69, 9.17) is 16.8 Å². The SMILES string of the molecule is [2H]C([2H])([2H])c1ccc(-c2[c-]cccc2)nc1.[2H]C([2H])([2H])c1ccc2c(n1)oc1c(-c3cc(-c4ccc5ccccc5c4)c(C([2H])([2H])[2H])cn3)[c-]ccc12.[Ir]. The van der Waals surface area contributed by atoms with Crippen molar-refractivity contribution in [3.05, 3.63) is 151 Å². The van der Waals surface area contributed by atoms with Gasteiger partial charge in [0.2, 0.25) is 5.71 Å². The zero-order chi connectivity index (χ0) is 37.5. The van der Waals surface area contributed by atoms with E-state index >= 15 is 0 Å². The summed E-state index contributed by atoms with van der Waals surface area (Å²) in [5, 5.41) is 3.46. The Balaban J connectivity index is 0.000000246. The maximum absolute atomic E-state index is 8.09. The van der Waals surface area contributed by atoms with Crippen molar-refractivity contribution in [2.45, 2.75) is 20.6 Å². The molecule has 5 heteroatoms. The Morgan fingerprint density at radius 3 is 2.38 bits per heavy atom. The number of furan rings is 1. The molecule has 4 heterocycles. The van der Waals surface area contributed by atoms with Crippen molar-refractivity contribution in [3.8, 4) is 33.6 Å². The summed E-state index contributed by atoms with van der Waals surface area (Å²) >= 11 is 0. The summed E-state index contributed by atoms with van der Waals surface area (Å²) in [4.78, 5) is 12.8. The molecule has 0 saturated carbocycles. The van der Waals surface area contributed by atoms with E-state index in [-0.39, 0.29) is 42.6 Å². The van der Waals surface area contributed by atoms with Crippen LogP contribution in [0.4, 0.5) is 0 Å². The summed E-state index contributed by atoms with van der Waals surface area (Å²) in [6, 6.07) is 39.1. The van der Waals surface area contributed by atoms with Crippen LogP contribution in [0.2, 0.25) is 0 Å². The van der Waals surface area contributed by atoms with Crippen LogP contribution in [0.15, 0.2) is 126 Å². The molecule has 0 spiro atoms. The topological polar surface area (TPSA) is 51.8 Å². The summed E-state index contributed by atoms with van der Waals surface area (Å²) in [7, 11) is 0. The van der Waals surface area contributed by atoms with Gasteiger partial charge in [-0.1, -0.05) is 65.5 Å². The molecule has 4 aromatic carbocycles. The minimum atomic E-state index is -2.36. The van der Waals surface area contributed by atoms with Gasteiger partial charge in [0.05, 0.1) is 5.58 Å². The van der Waals surface area contributed by atoms with Crippen LogP contribution in [0, 0.1) is 32.7 Å². The smallest absolute Gasteiger partial charge is 0.216 e. The monoisotopic (exact) mass is 769 g/mol. The average Bonchev–Trinajstić information content (AvgIpc) is 3.52. The third-order valence-electron chi connectivity index (χ3n) is 7.27. The third kappa shape index (κ3) is 6.19. The van der Waals surface area contributed by atoms with E-state index < -0.39 is 20.6 Å². The van der Waals surface area contributed by atoms with E-state index in [0.29, 0.717) is 27.8 Å². The Morgan fingerprint density at radius 2 is 1.58 bits per heavy atom. The van der Waals surface area contributed by atoms with Crippen LogP contribution >= 0.6 is 0 Å². The molecule has 8 rings (SSSR count). The summed E-state index contributed by atoms with van der Waals surface area (Å²) in [6.07, 6.45) is 2.77. The van der Waals surface area contributed by atoms with E-state index in [1.165, 1.54) is 18.5 Å². The van der Waals surface area contributed by atoms with Gasteiger partial charge in [-0.2, -0.15) is 0 Å². The van der Waals surface area contributed by atoms with Gasteiger partial charge in [-0.3, -0.25) is 0 Å². The Morgan fingerprint density at radius 1 is 0.689 bits per heavy atom. The number of aryl methyl sites for hydroxylation is 3. The molecule has 0 bridgehead atoms. The van der Waals surface area contributed by atoms with Crippen molar-refractivity contribution < 1.29 is 36.9 Å². The molecule has 0 aliphatic rings. The number of benzene rings is 4. The quantitative estimate of drug-likeness (QED) is 0.168. The molecule has 4 aromatic heterocycles. The number of fused-ring (bicyclic) bond motifs is 4. The van der Waals surface area contributed by atoms with Gasteiger partial charge >= 0.3 is 0 Å². The number of hydrogen-bond acceptors (Lipinski definition) is 4. The Labute approximate surface area is 288 Å². The molecule has 1 radical (unpaired) electrons. The Kier molecular flexibility index (Phi) is 6.01. The number of nitrogens with zero attached hydrogens (tertiary/aromatic N) is 3. The Bertz CT molecular complexity index is 2580. The summed E-state index contributed by atoms with van der Waals surface area (Å²) in [5.41, 5.74) is 4.91. The summed E-state index contributed by atoms with van der Waals surface area (Å²) in [6.45, 7) is -6.81.